The molecule has 2 atom stereocenters. The lowest BCUT2D eigenvalue weighted by Crippen LogP contribution is -2.43. The molecule has 1 aliphatic rings. The second kappa shape index (κ2) is 3.87. The lowest BCUT2D eigenvalue weighted by atomic mass is 10.2. The van der Waals surface area contributed by atoms with Gasteiger partial charge in [0.15, 0.2) is 0 Å². The Balaban J connectivity index is 2.51. The van der Waals surface area contributed by atoms with Crippen molar-refractivity contribution >= 4 is 5.91 Å². The number of carbonyl (C=O) groups excluding carboxylic acids is 1. The molecule has 1 saturated heterocycles. The lowest BCUT2D eigenvalue weighted by molar-refractivity contribution is -0.132. The van der Waals surface area contributed by atoms with Crippen LogP contribution in [0.25, 0.3) is 0 Å². The molecule has 0 aromatic carbocycles. The van der Waals surface area contributed by atoms with Crippen LogP contribution in [0.15, 0.2) is 0 Å². The zero-order valence-electron chi connectivity index (χ0n) is 7.58. The van der Waals surface area contributed by atoms with Crippen LogP contribution in [0.4, 0.5) is 0 Å². The van der Waals surface area contributed by atoms with Gasteiger partial charge < -0.3 is 15.3 Å². The molecule has 70 valence electrons. The van der Waals surface area contributed by atoms with Crippen LogP contribution in [-0.2, 0) is 4.79 Å². The summed E-state index contributed by atoms with van der Waals surface area (Å²) in [5.74, 6) is 0.0859. The first-order valence-corrected chi connectivity index (χ1v) is 4.31. The molecule has 12 heavy (non-hydrogen) atoms. The minimum absolute atomic E-state index is 0.0440. The monoisotopic (exact) mass is 172 g/mol. The summed E-state index contributed by atoms with van der Waals surface area (Å²) < 4.78 is 0. The van der Waals surface area contributed by atoms with E-state index in [9.17, 15) is 9.90 Å². The summed E-state index contributed by atoms with van der Waals surface area (Å²) in [5, 5.41) is 12.5. The number of aliphatic hydroxyl groups is 1. The van der Waals surface area contributed by atoms with Crippen LogP contribution in [0.3, 0.4) is 0 Å². The van der Waals surface area contributed by atoms with Crippen molar-refractivity contribution in [2.75, 3.05) is 20.1 Å². The highest BCUT2D eigenvalue weighted by atomic mass is 16.3. The Morgan fingerprint density at radius 1 is 1.67 bits per heavy atom. The van der Waals surface area contributed by atoms with Gasteiger partial charge in [-0.1, -0.05) is 6.92 Å². The summed E-state index contributed by atoms with van der Waals surface area (Å²) in [6, 6.07) is -0.0440. The Morgan fingerprint density at radius 3 is 2.75 bits per heavy atom. The standard InChI is InChI=1S/C8H16N2O2/c1-3-8(12)10(2)6-4-9-5-7(6)11/h6-7,9,11H,3-5H2,1-2H3. The second-order valence-electron chi connectivity index (χ2n) is 3.15. The molecule has 0 spiro atoms. The van der Waals surface area contributed by atoms with E-state index in [1.54, 1.807) is 11.9 Å². The average molecular weight is 172 g/mol. The lowest BCUT2D eigenvalue weighted by Gasteiger charge is -2.25. The first-order valence-electron chi connectivity index (χ1n) is 4.31. The van der Waals surface area contributed by atoms with Crippen molar-refractivity contribution in [2.24, 2.45) is 0 Å². The number of β-amino-alcohol motifs (C(OH)–C–C–N with tert-alkyl or cyclic N) is 1. The predicted molar refractivity (Wildman–Crippen MR) is 45.7 cm³/mol. The second-order valence-corrected chi connectivity index (χ2v) is 3.15. The number of nitrogens with zero attached hydrogens (tertiary/aromatic N) is 1. The Labute approximate surface area is 72.6 Å². The third-order valence-electron chi connectivity index (χ3n) is 2.34. The van der Waals surface area contributed by atoms with Crippen LogP contribution in [-0.4, -0.2) is 48.2 Å². The zero-order valence-corrected chi connectivity index (χ0v) is 7.58. The smallest absolute Gasteiger partial charge is 0.222 e. The molecule has 4 heteroatoms. The average Bonchev–Trinajstić information content (AvgIpc) is 2.48. The molecule has 2 unspecified atom stereocenters. The molecule has 0 radical (unpaired) electrons. The van der Waals surface area contributed by atoms with Crippen molar-refractivity contribution in [2.45, 2.75) is 25.5 Å². The maximum absolute atomic E-state index is 11.2. The molecule has 0 aromatic rings. The van der Waals surface area contributed by atoms with Crippen molar-refractivity contribution in [1.82, 2.24) is 10.2 Å². The van der Waals surface area contributed by atoms with E-state index in [-0.39, 0.29) is 11.9 Å². The number of carbonyl (C=O) groups is 1. The molecule has 2 N–H and O–H groups in total. The molecule has 1 amide bonds. The van der Waals surface area contributed by atoms with E-state index < -0.39 is 6.10 Å². The summed E-state index contributed by atoms with van der Waals surface area (Å²) in [4.78, 5) is 12.9. The van der Waals surface area contributed by atoms with Gasteiger partial charge >= 0.3 is 0 Å². The van der Waals surface area contributed by atoms with Gasteiger partial charge in [0.25, 0.3) is 0 Å². The van der Waals surface area contributed by atoms with Gasteiger partial charge in [0.1, 0.15) is 0 Å². The van der Waals surface area contributed by atoms with Crippen LogP contribution in [0.5, 0.6) is 0 Å². The Kier molecular flexibility index (Phi) is 3.05. The number of likely N-dealkylation sites (N-methyl/N-ethyl adjacent to an activating group) is 1. The molecule has 1 rings (SSSR count). The van der Waals surface area contributed by atoms with Gasteiger partial charge in [0, 0.05) is 26.6 Å². The van der Waals surface area contributed by atoms with Gasteiger partial charge in [-0.25, -0.2) is 0 Å². The van der Waals surface area contributed by atoms with E-state index in [2.05, 4.69) is 5.32 Å². The topological polar surface area (TPSA) is 52.6 Å². The SMILES string of the molecule is CCC(=O)N(C)C1CNCC1O. The van der Waals surface area contributed by atoms with E-state index in [1.165, 1.54) is 0 Å². The number of hydrogen-bond acceptors (Lipinski definition) is 3. The molecule has 4 nitrogen and oxygen atoms in total. The van der Waals surface area contributed by atoms with Crippen molar-refractivity contribution in [1.29, 1.82) is 0 Å². The molecule has 1 aliphatic heterocycles. The van der Waals surface area contributed by atoms with E-state index in [0.717, 1.165) is 0 Å². The first kappa shape index (κ1) is 9.48. The maximum atomic E-state index is 11.2. The Hall–Kier alpha value is -0.610. The molecule has 1 heterocycles. The van der Waals surface area contributed by atoms with Gasteiger partial charge in [-0.05, 0) is 0 Å². The van der Waals surface area contributed by atoms with E-state index in [4.69, 9.17) is 0 Å². The van der Waals surface area contributed by atoms with Gasteiger partial charge in [-0.2, -0.15) is 0 Å². The molecule has 0 bridgehead atoms. The van der Waals surface area contributed by atoms with Crippen molar-refractivity contribution in [3.05, 3.63) is 0 Å². The first-order chi connectivity index (χ1) is 5.66. The minimum atomic E-state index is -0.412. The summed E-state index contributed by atoms with van der Waals surface area (Å²) in [5.41, 5.74) is 0. The maximum Gasteiger partial charge on any atom is 0.222 e. The number of rotatable bonds is 2. The van der Waals surface area contributed by atoms with Crippen LogP contribution < -0.4 is 5.32 Å². The predicted octanol–water partition coefficient (Wildman–Crippen LogP) is -0.812. The number of nitrogens with one attached hydrogen (secondary N) is 1. The number of hydrogen-bond donors (Lipinski definition) is 2. The van der Waals surface area contributed by atoms with Crippen LogP contribution in [0, 0.1) is 0 Å². The highest BCUT2D eigenvalue weighted by molar-refractivity contribution is 5.76. The quantitative estimate of drug-likeness (QED) is 0.572. The van der Waals surface area contributed by atoms with Crippen LogP contribution in [0.2, 0.25) is 0 Å². The van der Waals surface area contributed by atoms with Crippen molar-refractivity contribution < 1.29 is 9.90 Å². The summed E-state index contributed by atoms with van der Waals surface area (Å²) >= 11 is 0. The van der Waals surface area contributed by atoms with Gasteiger partial charge in [0.05, 0.1) is 12.1 Å². The fraction of sp³-hybridized carbons (Fsp3) is 0.875. The summed E-state index contributed by atoms with van der Waals surface area (Å²) in [7, 11) is 1.74. The van der Waals surface area contributed by atoms with E-state index in [0.29, 0.717) is 19.5 Å². The highest BCUT2D eigenvalue weighted by Gasteiger charge is 2.30. The Morgan fingerprint density at radius 2 is 2.33 bits per heavy atom. The number of aliphatic hydroxyl groups excluding tert-OH is 1. The summed E-state index contributed by atoms with van der Waals surface area (Å²) in [6.07, 6.45) is 0.0881. The third kappa shape index (κ3) is 1.76. The van der Waals surface area contributed by atoms with E-state index >= 15 is 0 Å². The Bertz CT molecular complexity index is 172. The summed E-state index contributed by atoms with van der Waals surface area (Å²) in [6.45, 7) is 3.11. The molecule has 0 aliphatic carbocycles. The normalized spacial score (nSPS) is 28.9. The largest absolute Gasteiger partial charge is 0.390 e. The third-order valence-corrected chi connectivity index (χ3v) is 2.34. The molecular formula is C8H16N2O2. The fourth-order valence-corrected chi connectivity index (χ4v) is 1.48. The molecule has 1 fully saturated rings. The van der Waals surface area contributed by atoms with Crippen molar-refractivity contribution in [3.8, 4) is 0 Å². The highest BCUT2D eigenvalue weighted by Crippen LogP contribution is 2.08. The van der Waals surface area contributed by atoms with Gasteiger partial charge in [0.2, 0.25) is 5.91 Å². The molecular weight excluding hydrogens is 156 g/mol. The van der Waals surface area contributed by atoms with E-state index in [1.807, 2.05) is 6.92 Å². The molecule has 0 saturated carbocycles. The van der Waals surface area contributed by atoms with Gasteiger partial charge in [-0.15, -0.1) is 0 Å². The zero-order chi connectivity index (χ0) is 9.14. The van der Waals surface area contributed by atoms with Crippen molar-refractivity contribution in [3.63, 3.8) is 0 Å². The fourth-order valence-electron chi connectivity index (χ4n) is 1.48. The van der Waals surface area contributed by atoms with Gasteiger partial charge in [-0.3, -0.25) is 4.79 Å². The van der Waals surface area contributed by atoms with Crippen LogP contribution in [0.1, 0.15) is 13.3 Å². The number of amides is 1. The minimum Gasteiger partial charge on any atom is -0.390 e. The molecule has 0 aromatic heterocycles. The van der Waals surface area contributed by atoms with Crippen LogP contribution >= 0.6 is 0 Å².